The van der Waals surface area contributed by atoms with Gasteiger partial charge in [0.15, 0.2) is 0 Å². The van der Waals surface area contributed by atoms with Gasteiger partial charge in [-0.1, -0.05) is 36.4 Å². The van der Waals surface area contributed by atoms with Crippen molar-refractivity contribution in [1.82, 2.24) is 4.84 Å². The summed E-state index contributed by atoms with van der Waals surface area (Å²) in [5.41, 5.74) is 3.42. The Bertz CT molecular complexity index is 542. The topological polar surface area (TPSA) is 12.0 Å². The van der Waals surface area contributed by atoms with Gasteiger partial charge in [-0.15, -0.1) is 0 Å². The molecule has 0 radical (unpaired) electrons. The average molecular weight is 278 g/mol. The molecule has 2 aromatic carbocycles. The summed E-state index contributed by atoms with van der Waals surface area (Å²) in [4.78, 5) is 2.65. The molecule has 2 rings (SSSR count). The van der Waals surface area contributed by atoms with Crippen molar-refractivity contribution in [1.29, 1.82) is 0 Å². The summed E-state index contributed by atoms with van der Waals surface area (Å²) in [5.74, 6) is -0.0435. The van der Waals surface area contributed by atoms with Gasteiger partial charge >= 0.3 is 0 Å². The highest BCUT2D eigenvalue weighted by molar-refractivity contribution is 6.13. The lowest BCUT2D eigenvalue weighted by Crippen LogP contribution is -2.11. The Morgan fingerprint density at radius 2 is 1.95 bits per heavy atom. The van der Waals surface area contributed by atoms with E-state index in [-0.39, 0.29) is 11.7 Å². The van der Waals surface area contributed by atoms with Gasteiger partial charge in [0.1, 0.15) is 5.82 Å². The van der Waals surface area contributed by atoms with Crippen molar-refractivity contribution in [3.8, 4) is 0 Å². The Morgan fingerprint density at radius 3 is 2.63 bits per heavy atom. The number of rotatable bonds is 5. The summed E-state index contributed by atoms with van der Waals surface area (Å²) >= 11 is 5.57. The lowest BCUT2D eigenvalue weighted by Gasteiger charge is -2.20. The number of aryl methyl sites for hydroxylation is 1. The van der Waals surface area contributed by atoms with Gasteiger partial charge in [-0.05, 0) is 53.9 Å². The predicted molar refractivity (Wildman–Crippen MR) is 77.9 cm³/mol. The molecule has 0 amide bonds. The van der Waals surface area contributed by atoms with Crippen molar-refractivity contribution in [3.63, 3.8) is 0 Å². The highest BCUT2D eigenvalue weighted by Crippen LogP contribution is 2.30. The molecule has 0 saturated carbocycles. The molecule has 0 aliphatic heterocycles. The van der Waals surface area contributed by atoms with E-state index in [9.17, 15) is 4.39 Å². The lowest BCUT2D eigenvalue weighted by atomic mass is 9.86. The van der Waals surface area contributed by atoms with E-state index in [0.29, 0.717) is 6.54 Å². The number of hydrogen-bond donors (Lipinski definition) is 1. The average Bonchev–Trinajstić information content (AvgIpc) is 2.41. The van der Waals surface area contributed by atoms with E-state index in [1.54, 1.807) is 12.1 Å². The first-order chi connectivity index (χ1) is 9.22. The smallest absolute Gasteiger partial charge is 0.123 e. The van der Waals surface area contributed by atoms with Crippen LogP contribution in [0.1, 0.15) is 29.0 Å². The molecule has 100 valence electrons. The Hall–Kier alpha value is -1.38. The summed E-state index contributed by atoms with van der Waals surface area (Å²) in [6, 6.07) is 15.0. The fourth-order valence-electron chi connectivity index (χ4n) is 2.40. The molecule has 0 spiro atoms. The second kappa shape index (κ2) is 6.69. The van der Waals surface area contributed by atoms with Crippen LogP contribution in [-0.4, -0.2) is 6.54 Å². The zero-order valence-corrected chi connectivity index (χ0v) is 11.6. The highest BCUT2D eigenvalue weighted by Gasteiger charge is 2.16. The van der Waals surface area contributed by atoms with E-state index < -0.39 is 0 Å². The van der Waals surface area contributed by atoms with E-state index in [1.165, 1.54) is 17.2 Å². The molecule has 0 bridgehead atoms. The van der Waals surface area contributed by atoms with Crippen LogP contribution in [0.3, 0.4) is 0 Å². The zero-order chi connectivity index (χ0) is 13.7. The summed E-state index contributed by atoms with van der Waals surface area (Å²) < 4.78 is 13.4. The first kappa shape index (κ1) is 14.0. The standard InChI is InChI=1S/C16H17ClFN/c1-12-5-2-3-8-15(12)16(9-10-19-17)13-6-4-7-14(18)11-13/h2-8,11,16,19H,9-10H2,1H3. The van der Waals surface area contributed by atoms with Gasteiger partial charge in [-0.25, -0.2) is 9.23 Å². The number of nitrogens with one attached hydrogen (secondary N) is 1. The summed E-state index contributed by atoms with van der Waals surface area (Å²) in [6.45, 7) is 2.76. The van der Waals surface area contributed by atoms with Gasteiger partial charge in [0.2, 0.25) is 0 Å². The number of benzene rings is 2. The molecule has 0 aromatic heterocycles. The molecule has 2 aromatic rings. The second-order valence-corrected chi connectivity index (χ2v) is 4.90. The molecule has 0 fully saturated rings. The summed E-state index contributed by atoms with van der Waals surface area (Å²) in [6.07, 6.45) is 0.831. The van der Waals surface area contributed by atoms with Crippen LogP contribution in [0.2, 0.25) is 0 Å². The first-order valence-electron chi connectivity index (χ1n) is 6.37. The molecule has 0 saturated heterocycles. The Kier molecular flexibility index (Phi) is 4.94. The van der Waals surface area contributed by atoms with Gasteiger partial charge in [0, 0.05) is 12.5 Å². The number of hydrogen-bond acceptors (Lipinski definition) is 1. The Balaban J connectivity index is 2.38. The monoisotopic (exact) mass is 277 g/mol. The number of halogens is 2. The Labute approximate surface area is 118 Å². The van der Waals surface area contributed by atoms with Crippen LogP contribution in [-0.2, 0) is 0 Å². The minimum absolute atomic E-state index is 0.156. The maximum Gasteiger partial charge on any atom is 0.123 e. The fraction of sp³-hybridized carbons (Fsp3) is 0.250. The molecular formula is C16H17ClFN. The molecule has 3 heteroatoms. The highest BCUT2D eigenvalue weighted by atomic mass is 35.5. The minimum Gasteiger partial charge on any atom is -0.234 e. The van der Waals surface area contributed by atoms with Gasteiger partial charge in [0.05, 0.1) is 0 Å². The molecular weight excluding hydrogens is 261 g/mol. The van der Waals surface area contributed by atoms with Crippen LogP contribution >= 0.6 is 11.8 Å². The molecule has 1 nitrogen and oxygen atoms in total. The second-order valence-electron chi connectivity index (χ2n) is 4.64. The zero-order valence-electron chi connectivity index (χ0n) is 10.9. The molecule has 0 heterocycles. The van der Waals surface area contributed by atoms with E-state index in [0.717, 1.165) is 12.0 Å². The molecule has 1 unspecified atom stereocenters. The van der Waals surface area contributed by atoms with Gasteiger partial charge < -0.3 is 0 Å². The first-order valence-corrected chi connectivity index (χ1v) is 6.74. The normalized spacial score (nSPS) is 12.4. The maximum atomic E-state index is 13.4. The van der Waals surface area contributed by atoms with Crippen molar-refractivity contribution in [2.24, 2.45) is 0 Å². The summed E-state index contributed by atoms with van der Waals surface area (Å²) in [7, 11) is 0. The van der Waals surface area contributed by atoms with Crippen LogP contribution in [0.15, 0.2) is 48.5 Å². The molecule has 1 N–H and O–H groups in total. The van der Waals surface area contributed by atoms with Crippen molar-refractivity contribution >= 4 is 11.8 Å². The van der Waals surface area contributed by atoms with Crippen molar-refractivity contribution in [2.45, 2.75) is 19.3 Å². The predicted octanol–water partition coefficient (Wildman–Crippen LogP) is 4.40. The van der Waals surface area contributed by atoms with Gasteiger partial charge in [-0.3, -0.25) is 0 Å². The van der Waals surface area contributed by atoms with Crippen LogP contribution in [0.4, 0.5) is 4.39 Å². The molecule has 0 aliphatic carbocycles. The van der Waals surface area contributed by atoms with Gasteiger partial charge in [-0.2, -0.15) is 0 Å². The van der Waals surface area contributed by atoms with E-state index >= 15 is 0 Å². The maximum absolute atomic E-state index is 13.4. The minimum atomic E-state index is -0.199. The fourth-order valence-corrected chi connectivity index (χ4v) is 2.51. The third-order valence-corrected chi connectivity index (χ3v) is 3.53. The van der Waals surface area contributed by atoms with E-state index in [1.807, 2.05) is 18.2 Å². The van der Waals surface area contributed by atoms with Crippen LogP contribution in [0.25, 0.3) is 0 Å². The lowest BCUT2D eigenvalue weighted by molar-refractivity contribution is 0.619. The quantitative estimate of drug-likeness (QED) is 0.799. The van der Waals surface area contributed by atoms with E-state index in [2.05, 4.69) is 23.9 Å². The Morgan fingerprint density at radius 1 is 1.16 bits per heavy atom. The largest absolute Gasteiger partial charge is 0.234 e. The summed E-state index contributed by atoms with van der Waals surface area (Å²) in [5, 5.41) is 0. The molecule has 19 heavy (non-hydrogen) atoms. The van der Waals surface area contributed by atoms with E-state index in [4.69, 9.17) is 11.8 Å². The van der Waals surface area contributed by atoms with Crippen LogP contribution < -0.4 is 4.84 Å². The third kappa shape index (κ3) is 3.55. The van der Waals surface area contributed by atoms with Crippen molar-refractivity contribution in [3.05, 3.63) is 71.0 Å². The molecule has 1 atom stereocenters. The van der Waals surface area contributed by atoms with Crippen LogP contribution in [0.5, 0.6) is 0 Å². The van der Waals surface area contributed by atoms with Crippen LogP contribution in [0, 0.1) is 12.7 Å². The van der Waals surface area contributed by atoms with Crippen molar-refractivity contribution < 1.29 is 4.39 Å². The van der Waals surface area contributed by atoms with Gasteiger partial charge in [0.25, 0.3) is 0 Å². The third-order valence-electron chi connectivity index (χ3n) is 3.34. The van der Waals surface area contributed by atoms with Crippen molar-refractivity contribution in [2.75, 3.05) is 6.54 Å². The SMILES string of the molecule is Cc1ccccc1C(CCNCl)c1cccc(F)c1. The molecule has 0 aliphatic rings.